The molecule has 0 saturated carbocycles. The van der Waals surface area contributed by atoms with E-state index in [0.717, 1.165) is 18.4 Å². The zero-order valence-electron chi connectivity index (χ0n) is 10.5. The number of aromatic nitrogens is 2. The maximum absolute atomic E-state index is 4.31. The molecule has 0 spiro atoms. The van der Waals surface area contributed by atoms with E-state index in [9.17, 15) is 0 Å². The molecule has 1 aromatic rings. The summed E-state index contributed by atoms with van der Waals surface area (Å²) in [5, 5.41) is 7.79. The van der Waals surface area contributed by atoms with Crippen molar-refractivity contribution in [3.8, 4) is 0 Å². The number of fused-ring (bicyclic) bond motifs is 1. The third-order valence-electron chi connectivity index (χ3n) is 4.20. The van der Waals surface area contributed by atoms with Crippen molar-refractivity contribution in [1.82, 2.24) is 20.0 Å². The van der Waals surface area contributed by atoms with Crippen LogP contribution < -0.4 is 5.32 Å². The van der Waals surface area contributed by atoms with Crippen molar-refractivity contribution in [1.29, 1.82) is 0 Å². The Morgan fingerprint density at radius 1 is 1.35 bits per heavy atom. The molecule has 2 atom stereocenters. The average Bonchev–Trinajstić information content (AvgIpc) is 2.88. The van der Waals surface area contributed by atoms with Gasteiger partial charge in [-0.3, -0.25) is 9.58 Å². The van der Waals surface area contributed by atoms with Crippen LogP contribution in [0.25, 0.3) is 0 Å². The third kappa shape index (κ3) is 2.34. The molecule has 2 fully saturated rings. The lowest BCUT2D eigenvalue weighted by atomic mass is 10.0. The molecular formula is C12H21ClN4. The molecule has 0 aromatic carbocycles. The second-order valence-corrected chi connectivity index (χ2v) is 5.25. The van der Waals surface area contributed by atoms with Crippen LogP contribution in [-0.4, -0.2) is 40.9 Å². The van der Waals surface area contributed by atoms with E-state index in [1.54, 1.807) is 0 Å². The minimum atomic E-state index is 0. The van der Waals surface area contributed by atoms with E-state index in [1.807, 2.05) is 17.9 Å². The molecule has 17 heavy (non-hydrogen) atoms. The minimum absolute atomic E-state index is 0. The predicted octanol–water partition coefficient (Wildman–Crippen LogP) is 0.802. The van der Waals surface area contributed by atoms with Gasteiger partial charge < -0.3 is 5.32 Å². The highest BCUT2D eigenvalue weighted by molar-refractivity contribution is 5.85. The van der Waals surface area contributed by atoms with E-state index in [0.29, 0.717) is 0 Å². The van der Waals surface area contributed by atoms with Gasteiger partial charge in [-0.15, -0.1) is 12.4 Å². The number of likely N-dealkylation sites (tertiary alicyclic amines) is 1. The molecule has 2 aliphatic rings. The topological polar surface area (TPSA) is 33.1 Å². The molecule has 0 radical (unpaired) electrons. The zero-order valence-corrected chi connectivity index (χ0v) is 11.3. The van der Waals surface area contributed by atoms with Crippen LogP contribution in [0.15, 0.2) is 6.20 Å². The van der Waals surface area contributed by atoms with E-state index in [1.165, 1.54) is 37.4 Å². The van der Waals surface area contributed by atoms with Gasteiger partial charge in [-0.25, -0.2) is 0 Å². The Labute approximate surface area is 109 Å². The minimum Gasteiger partial charge on any atom is -0.316 e. The average molecular weight is 257 g/mol. The Morgan fingerprint density at radius 2 is 2.00 bits per heavy atom. The van der Waals surface area contributed by atoms with Crippen molar-refractivity contribution in [3.05, 3.63) is 17.5 Å². The van der Waals surface area contributed by atoms with Gasteiger partial charge in [0.2, 0.25) is 0 Å². The largest absolute Gasteiger partial charge is 0.316 e. The van der Waals surface area contributed by atoms with Crippen molar-refractivity contribution >= 4 is 12.4 Å². The van der Waals surface area contributed by atoms with E-state index < -0.39 is 0 Å². The summed E-state index contributed by atoms with van der Waals surface area (Å²) in [4.78, 5) is 2.58. The molecule has 2 aliphatic heterocycles. The highest BCUT2D eigenvalue weighted by atomic mass is 35.5. The molecule has 0 aliphatic carbocycles. The van der Waals surface area contributed by atoms with Gasteiger partial charge in [0.1, 0.15) is 0 Å². The highest BCUT2D eigenvalue weighted by Gasteiger charge is 2.35. The number of hydrogen-bond donors (Lipinski definition) is 1. The van der Waals surface area contributed by atoms with Crippen LogP contribution in [0.2, 0.25) is 0 Å². The van der Waals surface area contributed by atoms with Crippen LogP contribution in [0.4, 0.5) is 0 Å². The number of hydrogen-bond acceptors (Lipinski definition) is 3. The molecule has 1 aromatic heterocycles. The van der Waals surface area contributed by atoms with Crippen LogP contribution in [0, 0.1) is 18.8 Å². The van der Waals surface area contributed by atoms with Gasteiger partial charge in [0.05, 0.1) is 6.20 Å². The number of halogens is 1. The van der Waals surface area contributed by atoms with E-state index in [4.69, 9.17) is 0 Å². The molecule has 0 unspecified atom stereocenters. The van der Waals surface area contributed by atoms with Crippen LogP contribution in [-0.2, 0) is 13.6 Å². The van der Waals surface area contributed by atoms with Gasteiger partial charge in [0.25, 0.3) is 0 Å². The van der Waals surface area contributed by atoms with E-state index in [2.05, 4.69) is 22.2 Å². The summed E-state index contributed by atoms with van der Waals surface area (Å²) in [6.45, 7) is 8.17. The Balaban J connectivity index is 0.00000108. The lowest BCUT2D eigenvalue weighted by molar-refractivity contribution is 0.305. The van der Waals surface area contributed by atoms with E-state index >= 15 is 0 Å². The summed E-state index contributed by atoms with van der Waals surface area (Å²) < 4.78 is 1.97. The zero-order chi connectivity index (χ0) is 11.1. The second kappa shape index (κ2) is 4.96. The molecular weight excluding hydrogens is 236 g/mol. The van der Waals surface area contributed by atoms with Crippen molar-refractivity contribution in [2.45, 2.75) is 13.5 Å². The summed E-state index contributed by atoms with van der Waals surface area (Å²) in [6, 6.07) is 0. The van der Waals surface area contributed by atoms with Crippen molar-refractivity contribution < 1.29 is 0 Å². The van der Waals surface area contributed by atoms with Gasteiger partial charge in [0, 0.05) is 37.9 Å². The molecule has 5 heteroatoms. The molecule has 3 heterocycles. The smallest absolute Gasteiger partial charge is 0.0537 e. The Hall–Kier alpha value is -0.580. The quantitative estimate of drug-likeness (QED) is 0.850. The normalized spacial score (nSPS) is 28.1. The lowest BCUT2D eigenvalue weighted by Crippen LogP contribution is -2.25. The van der Waals surface area contributed by atoms with Gasteiger partial charge in [-0.05, 0) is 31.8 Å². The third-order valence-corrected chi connectivity index (χ3v) is 4.20. The number of rotatable bonds is 2. The Kier molecular flexibility index (Phi) is 3.76. The number of aryl methyl sites for hydroxylation is 1. The highest BCUT2D eigenvalue weighted by Crippen LogP contribution is 2.27. The Bertz CT molecular complexity index is 378. The van der Waals surface area contributed by atoms with Crippen LogP contribution >= 0.6 is 12.4 Å². The maximum Gasteiger partial charge on any atom is 0.0537 e. The fourth-order valence-electron chi connectivity index (χ4n) is 3.02. The van der Waals surface area contributed by atoms with Crippen molar-refractivity contribution in [2.75, 3.05) is 26.2 Å². The van der Waals surface area contributed by atoms with E-state index in [-0.39, 0.29) is 12.4 Å². The fourth-order valence-corrected chi connectivity index (χ4v) is 3.02. The molecule has 0 amide bonds. The van der Waals surface area contributed by atoms with Gasteiger partial charge in [0.15, 0.2) is 0 Å². The number of nitrogens with one attached hydrogen (secondary N) is 1. The molecule has 2 saturated heterocycles. The summed E-state index contributed by atoms with van der Waals surface area (Å²) in [7, 11) is 2.02. The lowest BCUT2D eigenvalue weighted by Gasteiger charge is -2.16. The first-order valence-electron chi connectivity index (χ1n) is 6.14. The summed E-state index contributed by atoms with van der Waals surface area (Å²) in [5.74, 6) is 1.77. The summed E-state index contributed by atoms with van der Waals surface area (Å²) in [5.41, 5.74) is 2.69. The second-order valence-electron chi connectivity index (χ2n) is 5.25. The SMILES string of the molecule is Cc1c(CN2C[C@H]3CNC[C@H]3C2)cnn1C.Cl. The molecule has 3 rings (SSSR count). The first-order chi connectivity index (χ1) is 7.74. The first kappa shape index (κ1) is 12.9. The van der Waals surface area contributed by atoms with Gasteiger partial charge >= 0.3 is 0 Å². The fraction of sp³-hybridized carbons (Fsp3) is 0.750. The summed E-state index contributed by atoms with van der Waals surface area (Å²) in [6.07, 6.45) is 2.02. The van der Waals surface area contributed by atoms with Gasteiger partial charge in [-0.2, -0.15) is 5.10 Å². The molecule has 0 bridgehead atoms. The van der Waals surface area contributed by atoms with Crippen molar-refractivity contribution in [3.63, 3.8) is 0 Å². The Morgan fingerprint density at radius 3 is 2.53 bits per heavy atom. The van der Waals surface area contributed by atoms with Crippen LogP contribution in [0.1, 0.15) is 11.3 Å². The maximum atomic E-state index is 4.31. The first-order valence-corrected chi connectivity index (χ1v) is 6.14. The van der Waals surface area contributed by atoms with Gasteiger partial charge in [-0.1, -0.05) is 0 Å². The molecule has 1 N–H and O–H groups in total. The molecule has 96 valence electrons. The number of nitrogens with zero attached hydrogens (tertiary/aromatic N) is 3. The molecule has 4 nitrogen and oxygen atoms in total. The monoisotopic (exact) mass is 256 g/mol. The predicted molar refractivity (Wildman–Crippen MR) is 70.3 cm³/mol. The summed E-state index contributed by atoms with van der Waals surface area (Å²) >= 11 is 0. The standard InChI is InChI=1S/C12H20N4.ClH/c1-9-10(5-14-15(9)2)6-16-7-11-3-13-4-12(11)8-16;/h5,11-13H,3-4,6-8H2,1-2H3;1H/t11-,12+;. The van der Waals surface area contributed by atoms with Crippen LogP contribution in [0.3, 0.4) is 0 Å². The van der Waals surface area contributed by atoms with Crippen LogP contribution in [0.5, 0.6) is 0 Å². The van der Waals surface area contributed by atoms with Crippen molar-refractivity contribution in [2.24, 2.45) is 18.9 Å².